The van der Waals surface area contributed by atoms with Crippen LogP contribution < -0.4 is 10.6 Å². The molecule has 7 nitrogen and oxygen atoms in total. The van der Waals surface area contributed by atoms with Gasteiger partial charge in [-0.05, 0) is 28.5 Å². The van der Waals surface area contributed by atoms with E-state index in [9.17, 15) is 0 Å². The van der Waals surface area contributed by atoms with Crippen LogP contribution in [0.3, 0.4) is 0 Å². The summed E-state index contributed by atoms with van der Waals surface area (Å²) in [5.41, 5.74) is 3.62. The standard InChI is InChI=1S/C25H19N7S/c1-2-6-17(7-3-1)14-27-23-21-24(32(16-28-21)19-11-13-33-15-19)31-25(30-23)29-22-20-9-5-4-8-18(20)10-12-26-22/h1-13,15-16H,14H2,(H2,26,27,29,30,31). The zero-order valence-corrected chi connectivity index (χ0v) is 18.3. The second kappa shape index (κ2) is 8.33. The van der Waals surface area contributed by atoms with E-state index in [0.717, 1.165) is 27.7 Å². The highest BCUT2D eigenvalue weighted by Crippen LogP contribution is 2.28. The Morgan fingerprint density at radius 2 is 1.73 bits per heavy atom. The number of aromatic nitrogens is 5. The van der Waals surface area contributed by atoms with Gasteiger partial charge in [-0.1, -0.05) is 54.6 Å². The number of fused-ring (bicyclic) bond motifs is 2. The lowest BCUT2D eigenvalue weighted by Crippen LogP contribution is -2.07. The van der Waals surface area contributed by atoms with Gasteiger partial charge in [0.1, 0.15) is 12.1 Å². The van der Waals surface area contributed by atoms with Crippen molar-refractivity contribution in [1.29, 1.82) is 0 Å². The Hall–Kier alpha value is -4.30. The Morgan fingerprint density at radius 1 is 0.848 bits per heavy atom. The van der Waals surface area contributed by atoms with Crippen molar-refractivity contribution in [3.05, 3.63) is 95.6 Å². The average molecular weight is 450 g/mol. The van der Waals surface area contributed by atoms with Crippen LogP contribution in [-0.2, 0) is 6.54 Å². The van der Waals surface area contributed by atoms with Crippen molar-refractivity contribution < 1.29 is 0 Å². The highest BCUT2D eigenvalue weighted by Gasteiger charge is 2.16. The fourth-order valence-electron chi connectivity index (χ4n) is 3.77. The molecule has 4 heterocycles. The van der Waals surface area contributed by atoms with E-state index < -0.39 is 0 Å². The molecule has 0 atom stereocenters. The number of hydrogen-bond acceptors (Lipinski definition) is 7. The Morgan fingerprint density at radius 3 is 2.61 bits per heavy atom. The van der Waals surface area contributed by atoms with E-state index in [0.29, 0.717) is 29.6 Å². The van der Waals surface area contributed by atoms with Crippen LogP contribution in [0.1, 0.15) is 5.56 Å². The zero-order chi connectivity index (χ0) is 22.0. The van der Waals surface area contributed by atoms with E-state index in [2.05, 4.69) is 44.2 Å². The van der Waals surface area contributed by atoms with Crippen LogP contribution in [0.15, 0.2) is 90.0 Å². The highest BCUT2D eigenvalue weighted by atomic mass is 32.1. The molecule has 0 aliphatic carbocycles. The van der Waals surface area contributed by atoms with Crippen molar-refractivity contribution in [3.8, 4) is 5.69 Å². The van der Waals surface area contributed by atoms with Gasteiger partial charge in [0, 0.05) is 23.5 Å². The van der Waals surface area contributed by atoms with Crippen molar-refractivity contribution in [3.63, 3.8) is 0 Å². The first-order valence-electron chi connectivity index (χ1n) is 10.5. The predicted octanol–water partition coefficient (Wildman–Crippen LogP) is 5.78. The summed E-state index contributed by atoms with van der Waals surface area (Å²) >= 11 is 1.63. The van der Waals surface area contributed by atoms with Gasteiger partial charge < -0.3 is 10.6 Å². The lowest BCUT2D eigenvalue weighted by atomic mass is 10.1. The van der Waals surface area contributed by atoms with Crippen LogP contribution in [0, 0.1) is 0 Å². The second-order valence-electron chi connectivity index (χ2n) is 7.51. The summed E-state index contributed by atoms with van der Waals surface area (Å²) in [7, 11) is 0. The van der Waals surface area contributed by atoms with Gasteiger partial charge in [-0.25, -0.2) is 9.97 Å². The first-order chi connectivity index (χ1) is 16.3. The quantitative estimate of drug-likeness (QED) is 0.335. The summed E-state index contributed by atoms with van der Waals surface area (Å²) < 4.78 is 1.98. The molecular weight excluding hydrogens is 430 g/mol. The van der Waals surface area contributed by atoms with Gasteiger partial charge >= 0.3 is 0 Å². The lowest BCUT2D eigenvalue weighted by Gasteiger charge is -2.11. The van der Waals surface area contributed by atoms with Crippen molar-refractivity contribution in [2.75, 3.05) is 10.6 Å². The van der Waals surface area contributed by atoms with Crippen LogP contribution in [0.4, 0.5) is 17.6 Å². The topological polar surface area (TPSA) is 80.6 Å². The normalized spacial score (nSPS) is 11.2. The molecule has 4 aromatic heterocycles. The molecule has 33 heavy (non-hydrogen) atoms. The van der Waals surface area contributed by atoms with Crippen molar-refractivity contribution in [2.45, 2.75) is 6.54 Å². The minimum Gasteiger partial charge on any atom is -0.364 e. The lowest BCUT2D eigenvalue weighted by molar-refractivity contribution is 1.06. The number of anilines is 3. The maximum atomic E-state index is 4.81. The fourth-order valence-corrected chi connectivity index (χ4v) is 4.40. The Bertz CT molecular complexity index is 1540. The first-order valence-corrected chi connectivity index (χ1v) is 11.5. The molecule has 0 amide bonds. The number of thiophene rings is 1. The minimum atomic E-state index is 0.457. The maximum Gasteiger partial charge on any atom is 0.232 e. The predicted molar refractivity (Wildman–Crippen MR) is 133 cm³/mol. The van der Waals surface area contributed by atoms with Crippen molar-refractivity contribution >= 4 is 50.9 Å². The molecule has 0 aliphatic rings. The zero-order valence-electron chi connectivity index (χ0n) is 17.5. The van der Waals surface area contributed by atoms with Crippen LogP contribution in [0.5, 0.6) is 0 Å². The van der Waals surface area contributed by atoms with Crippen molar-refractivity contribution in [2.24, 2.45) is 0 Å². The molecule has 0 bridgehead atoms. The summed E-state index contributed by atoms with van der Waals surface area (Å²) in [5, 5.41) is 13.0. The SMILES string of the molecule is c1ccc(CNc2nc(Nc3nccc4ccccc34)nc3c2ncn3-c2ccsc2)cc1. The largest absolute Gasteiger partial charge is 0.364 e. The highest BCUT2D eigenvalue weighted by molar-refractivity contribution is 7.08. The third kappa shape index (κ3) is 3.77. The van der Waals surface area contributed by atoms with E-state index in [4.69, 9.17) is 9.97 Å². The summed E-state index contributed by atoms with van der Waals surface area (Å²) in [4.78, 5) is 18.7. The van der Waals surface area contributed by atoms with Crippen LogP contribution >= 0.6 is 11.3 Å². The Labute approximate surface area is 193 Å². The monoisotopic (exact) mass is 449 g/mol. The van der Waals surface area contributed by atoms with Gasteiger partial charge in [0.25, 0.3) is 0 Å². The average Bonchev–Trinajstić information content (AvgIpc) is 3.53. The Balaban J connectivity index is 1.44. The van der Waals surface area contributed by atoms with Gasteiger partial charge in [0.15, 0.2) is 17.0 Å². The Kier molecular flexibility index (Phi) is 4.89. The van der Waals surface area contributed by atoms with Gasteiger partial charge in [-0.15, -0.1) is 0 Å². The number of pyridine rings is 1. The minimum absolute atomic E-state index is 0.457. The molecule has 2 aromatic carbocycles. The summed E-state index contributed by atoms with van der Waals surface area (Å²) in [6.07, 6.45) is 3.57. The number of imidazole rings is 1. The van der Waals surface area contributed by atoms with E-state index in [-0.39, 0.29) is 0 Å². The molecule has 0 unspecified atom stereocenters. The molecule has 0 saturated carbocycles. The number of nitrogens with zero attached hydrogens (tertiary/aromatic N) is 5. The molecule has 6 aromatic rings. The molecule has 6 rings (SSSR count). The summed E-state index contributed by atoms with van der Waals surface area (Å²) in [6.45, 7) is 0.629. The summed E-state index contributed by atoms with van der Waals surface area (Å²) in [6, 6.07) is 22.4. The van der Waals surface area contributed by atoms with E-state index in [1.807, 2.05) is 58.5 Å². The van der Waals surface area contributed by atoms with Crippen LogP contribution in [0.25, 0.3) is 27.6 Å². The third-order valence-electron chi connectivity index (χ3n) is 5.39. The molecule has 160 valence electrons. The van der Waals surface area contributed by atoms with E-state index in [1.165, 1.54) is 0 Å². The molecule has 0 saturated heterocycles. The maximum absolute atomic E-state index is 4.81. The van der Waals surface area contributed by atoms with Crippen molar-refractivity contribution in [1.82, 2.24) is 24.5 Å². The summed E-state index contributed by atoms with van der Waals surface area (Å²) in [5.74, 6) is 1.84. The van der Waals surface area contributed by atoms with E-state index >= 15 is 0 Å². The smallest absolute Gasteiger partial charge is 0.232 e. The van der Waals surface area contributed by atoms with Gasteiger partial charge in [0.05, 0.1) is 5.69 Å². The fraction of sp³-hybridized carbons (Fsp3) is 0.0400. The van der Waals surface area contributed by atoms with Crippen LogP contribution in [0.2, 0.25) is 0 Å². The molecule has 2 N–H and O–H groups in total. The van der Waals surface area contributed by atoms with Gasteiger partial charge in [0.2, 0.25) is 5.95 Å². The number of benzene rings is 2. The molecule has 0 spiro atoms. The van der Waals surface area contributed by atoms with Gasteiger partial charge in [-0.2, -0.15) is 21.3 Å². The first kappa shape index (κ1) is 19.4. The number of nitrogens with one attached hydrogen (secondary N) is 2. The number of rotatable bonds is 6. The third-order valence-corrected chi connectivity index (χ3v) is 6.06. The molecular formula is C25H19N7S. The van der Waals surface area contributed by atoms with Crippen LogP contribution in [-0.4, -0.2) is 24.5 Å². The molecule has 0 fully saturated rings. The second-order valence-corrected chi connectivity index (χ2v) is 8.29. The molecule has 0 aliphatic heterocycles. The number of hydrogen-bond donors (Lipinski definition) is 2. The van der Waals surface area contributed by atoms with Gasteiger partial charge in [-0.3, -0.25) is 4.57 Å². The molecule has 8 heteroatoms. The molecule has 0 radical (unpaired) electrons. The van der Waals surface area contributed by atoms with E-state index in [1.54, 1.807) is 23.9 Å².